The molecule has 0 spiro atoms. The first-order chi connectivity index (χ1) is 15.1. The van der Waals surface area contributed by atoms with E-state index in [4.69, 9.17) is 4.74 Å². The zero-order chi connectivity index (χ0) is 23.2. The van der Waals surface area contributed by atoms with Gasteiger partial charge in [-0.05, 0) is 50.1 Å². The molecule has 3 aromatic rings. The predicted molar refractivity (Wildman–Crippen MR) is 122 cm³/mol. The molecule has 0 saturated carbocycles. The van der Waals surface area contributed by atoms with Gasteiger partial charge in [-0.15, -0.1) is 0 Å². The van der Waals surface area contributed by atoms with Gasteiger partial charge in [-0.3, -0.25) is 0 Å². The van der Waals surface area contributed by atoms with E-state index in [-0.39, 0.29) is 0 Å². The lowest BCUT2D eigenvalue weighted by atomic mass is 9.98. The first-order valence-corrected chi connectivity index (χ1v) is 11.3. The van der Waals surface area contributed by atoms with E-state index < -0.39 is 42.9 Å². The van der Waals surface area contributed by atoms with Crippen molar-refractivity contribution >= 4 is 22.7 Å². The first kappa shape index (κ1) is 23.3. The molecular formula is C24H29NO6S. The highest BCUT2D eigenvalue weighted by Gasteiger charge is 2.44. The van der Waals surface area contributed by atoms with E-state index >= 15 is 0 Å². The Kier molecular flexibility index (Phi) is 6.39. The Morgan fingerprint density at radius 1 is 1.00 bits per heavy atom. The van der Waals surface area contributed by atoms with Gasteiger partial charge in [0.2, 0.25) is 0 Å². The van der Waals surface area contributed by atoms with Gasteiger partial charge < -0.3 is 34.8 Å². The van der Waals surface area contributed by atoms with Gasteiger partial charge in [-0.1, -0.05) is 36.0 Å². The lowest BCUT2D eigenvalue weighted by molar-refractivity contribution is -0.250. The van der Waals surface area contributed by atoms with Gasteiger partial charge in [0.25, 0.3) is 0 Å². The Morgan fingerprint density at radius 2 is 1.69 bits per heavy atom. The molecule has 1 fully saturated rings. The van der Waals surface area contributed by atoms with Gasteiger partial charge in [-0.2, -0.15) is 0 Å². The van der Waals surface area contributed by atoms with Crippen LogP contribution in [0.25, 0.3) is 10.9 Å². The van der Waals surface area contributed by atoms with E-state index in [0.29, 0.717) is 0 Å². The molecule has 1 aliphatic rings. The van der Waals surface area contributed by atoms with E-state index in [0.717, 1.165) is 31.8 Å². The fourth-order valence-corrected chi connectivity index (χ4v) is 5.17. The summed E-state index contributed by atoms with van der Waals surface area (Å²) in [6, 6.07) is 13.5. The molecule has 4 rings (SSSR count). The molecule has 1 aromatic heterocycles. The number of rotatable bonds is 5. The fourth-order valence-electron chi connectivity index (χ4n) is 4.11. The van der Waals surface area contributed by atoms with Gasteiger partial charge in [0, 0.05) is 21.4 Å². The van der Waals surface area contributed by atoms with Crippen LogP contribution >= 0.6 is 11.8 Å². The minimum absolute atomic E-state index is 0.477. The first-order valence-electron chi connectivity index (χ1n) is 10.5. The van der Waals surface area contributed by atoms with Crippen molar-refractivity contribution in [3.05, 3.63) is 59.8 Å². The van der Waals surface area contributed by atoms with Crippen molar-refractivity contribution in [3.63, 3.8) is 0 Å². The molecule has 5 N–H and O–H groups in total. The largest absolute Gasteiger partial charge is 0.394 e. The molecular weight excluding hydrogens is 430 g/mol. The number of ether oxygens (including phenoxy) is 1. The van der Waals surface area contributed by atoms with Gasteiger partial charge >= 0.3 is 0 Å². The maximum atomic E-state index is 10.6. The predicted octanol–water partition coefficient (Wildman–Crippen LogP) is 2.30. The Bertz CT molecular complexity index is 1090. The summed E-state index contributed by atoms with van der Waals surface area (Å²) in [5.74, 6) is 0. The highest BCUT2D eigenvalue weighted by atomic mass is 32.2. The second-order valence-electron chi connectivity index (χ2n) is 8.77. The molecule has 7 nitrogen and oxygen atoms in total. The second kappa shape index (κ2) is 8.79. The Hall–Kier alpha value is -1.91. The Balaban J connectivity index is 1.74. The van der Waals surface area contributed by atoms with Crippen LogP contribution in [0.3, 0.4) is 0 Å². The fraction of sp³-hybridized carbons (Fsp3) is 0.417. The molecule has 0 unspecified atom stereocenters. The molecule has 2 heterocycles. The number of fused-ring (bicyclic) bond motifs is 1. The van der Waals surface area contributed by atoms with Crippen LogP contribution in [-0.2, 0) is 10.3 Å². The van der Waals surface area contributed by atoms with Crippen molar-refractivity contribution in [2.24, 2.45) is 0 Å². The van der Waals surface area contributed by atoms with E-state index in [2.05, 4.69) is 0 Å². The average Bonchev–Trinajstić information content (AvgIpc) is 3.11. The normalized spacial score (nSPS) is 26.6. The summed E-state index contributed by atoms with van der Waals surface area (Å²) in [5.41, 5.74) is 1.76. The average molecular weight is 460 g/mol. The maximum Gasteiger partial charge on any atom is 0.163 e. The molecule has 0 radical (unpaired) electrons. The monoisotopic (exact) mass is 459 g/mol. The molecule has 1 aliphatic heterocycles. The summed E-state index contributed by atoms with van der Waals surface area (Å²) < 4.78 is 7.55. The number of aliphatic hydroxyl groups is 5. The molecule has 5 atom stereocenters. The van der Waals surface area contributed by atoms with Crippen molar-refractivity contribution < 1.29 is 30.3 Å². The van der Waals surface area contributed by atoms with Crippen molar-refractivity contribution in [1.29, 1.82) is 0 Å². The van der Waals surface area contributed by atoms with Crippen LogP contribution in [0.1, 0.15) is 31.2 Å². The van der Waals surface area contributed by atoms with Crippen LogP contribution in [0.2, 0.25) is 0 Å². The van der Waals surface area contributed by atoms with Crippen LogP contribution in [0.15, 0.2) is 58.5 Å². The number of hydrogen-bond acceptors (Lipinski definition) is 7. The highest BCUT2D eigenvalue weighted by molar-refractivity contribution is 7.99. The zero-order valence-electron chi connectivity index (χ0n) is 18.2. The number of aliphatic hydroxyl groups excluding tert-OH is 4. The number of nitrogens with zero attached hydrogens (tertiary/aromatic N) is 1. The van der Waals surface area contributed by atoms with Crippen LogP contribution in [0, 0.1) is 6.92 Å². The Morgan fingerprint density at radius 3 is 2.31 bits per heavy atom. The smallest absolute Gasteiger partial charge is 0.163 e. The maximum absolute atomic E-state index is 10.6. The Labute approximate surface area is 190 Å². The molecule has 8 heteroatoms. The molecule has 1 saturated heterocycles. The van der Waals surface area contributed by atoms with Crippen LogP contribution < -0.4 is 0 Å². The van der Waals surface area contributed by atoms with E-state index in [9.17, 15) is 25.5 Å². The van der Waals surface area contributed by atoms with E-state index in [1.807, 2.05) is 55.6 Å². The second-order valence-corrected chi connectivity index (χ2v) is 9.89. The molecule has 0 bridgehead atoms. The van der Waals surface area contributed by atoms with Crippen molar-refractivity contribution in [2.75, 3.05) is 6.61 Å². The summed E-state index contributed by atoms with van der Waals surface area (Å²) in [5, 5.41) is 51.8. The van der Waals surface area contributed by atoms with Gasteiger partial charge in [0.05, 0.1) is 17.7 Å². The number of aryl methyl sites for hydroxylation is 1. The summed E-state index contributed by atoms with van der Waals surface area (Å²) in [7, 11) is 0. The lowest BCUT2D eigenvalue weighted by Gasteiger charge is -2.40. The number of hydrogen-bond donors (Lipinski definition) is 5. The standard InChI is InChI=1S/C24H29NO6S/c1-13-5-4-6-16-19(13)18(32-15-9-7-14(8-10-15)24(2,3)30)11-25(16)23-22(29)21(28)20(27)17(12-26)31-23/h4-11,17,20-23,26-30H,12H2,1-3H3/t17-,20-,21+,22-,23-/m1/s1. The zero-order valence-corrected chi connectivity index (χ0v) is 19.0. The molecule has 172 valence electrons. The lowest BCUT2D eigenvalue weighted by Crippen LogP contribution is -2.56. The van der Waals surface area contributed by atoms with Crippen molar-refractivity contribution in [2.45, 2.75) is 66.8 Å². The minimum atomic E-state index is -1.45. The number of aromatic nitrogens is 1. The SMILES string of the molecule is Cc1cccc2c1c(Sc1ccc(C(C)(C)O)cc1)cn2[C@@H]1O[C@H](CO)[C@@H](O)[C@H](O)[C@H]1O. The highest BCUT2D eigenvalue weighted by Crippen LogP contribution is 2.40. The molecule has 0 amide bonds. The van der Waals surface area contributed by atoms with Gasteiger partial charge in [0.1, 0.15) is 24.4 Å². The summed E-state index contributed by atoms with van der Waals surface area (Å²) in [4.78, 5) is 1.92. The molecule has 0 aliphatic carbocycles. The van der Waals surface area contributed by atoms with E-state index in [1.54, 1.807) is 30.2 Å². The van der Waals surface area contributed by atoms with Crippen molar-refractivity contribution in [3.8, 4) is 0 Å². The van der Waals surface area contributed by atoms with E-state index in [1.165, 1.54) is 0 Å². The van der Waals surface area contributed by atoms with Gasteiger partial charge in [-0.25, -0.2) is 0 Å². The summed E-state index contributed by atoms with van der Waals surface area (Å²) in [6.07, 6.45) is -4.31. The minimum Gasteiger partial charge on any atom is -0.394 e. The number of benzene rings is 2. The quantitative estimate of drug-likeness (QED) is 0.398. The van der Waals surface area contributed by atoms with Crippen LogP contribution in [0.5, 0.6) is 0 Å². The molecule has 2 aromatic carbocycles. The van der Waals surface area contributed by atoms with Crippen LogP contribution in [-0.4, -0.2) is 61.1 Å². The summed E-state index contributed by atoms with van der Waals surface area (Å²) >= 11 is 1.54. The summed E-state index contributed by atoms with van der Waals surface area (Å²) in [6.45, 7) is 5.01. The third kappa shape index (κ3) is 4.20. The third-order valence-electron chi connectivity index (χ3n) is 5.96. The third-order valence-corrected chi connectivity index (χ3v) is 7.00. The topological polar surface area (TPSA) is 115 Å². The van der Waals surface area contributed by atoms with Gasteiger partial charge in [0.15, 0.2) is 6.23 Å². The molecule has 32 heavy (non-hydrogen) atoms. The van der Waals surface area contributed by atoms with Crippen molar-refractivity contribution in [1.82, 2.24) is 4.57 Å². The van der Waals surface area contributed by atoms with Crippen LogP contribution in [0.4, 0.5) is 0 Å².